The van der Waals surface area contributed by atoms with Crippen LogP contribution in [0.1, 0.15) is 110 Å². The summed E-state index contributed by atoms with van der Waals surface area (Å²) in [5, 5.41) is 16.5. The van der Waals surface area contributed by atoms with Gasteiger partial charge in [-0.05, 0) is 39.0 Å². The summed E-state index contributed by atoms with van der Waals surface area (Å²) < 4.78 is 0. The summed E-state index contributed by atoms with van der Waals surface area (Å²) >= 11 is 0. The third-order valence-corrected chi connectivity index (χ3v) is 4.97. The molecule has 0 amide bonds. The summed E-state index contributed by atoms with van der Waals surface area (Å²) in [7, 11) is 0. The molecular formula is C25H47AlO5. The number of ketones is 1. The number of Topliss-reactive ketones (excluding diaryl/α,β-unsaturated/α-hetero) is 1. The van der Waals surface area contributed by atoms with Gasteiger partial charge in [0.15, 0.2) is 17.4 Å². The van der Waals surface area contributed by atoms with E-state index in [0.717, 1.165) is 25.3 Å². The molecule has 1 unspecified atom stereocenters. The van der Waals surface area contributed by atoms with Crippen LogP contribution in [-0.4, -0.2) is 45.3 Å². The van der Waals surface area contributed by atoms with E-state index >= 15 is 0 Å². The molecule has 0 heterocycles. The second kappa shape index (κ2) is 26.7. The number of hydrogen-bond donors (Lipinski definition) is 2. The highest BCUT2D eigenvalue weighted by Gasteiger charge is 2.21. The minimum Gasteiger partial charge on any atom is -0.481 e. The van der Waals surface area contributed by atoms with E-state index in [1.165, 1.54) is 77.6 Å². The highest BCUT2D eigenvalue weighted by atomic mass is 27.0. The fourth-order valence-electron chi connectivity index (χ4n) is 3.10. The van der Waals surface area contributed by atoms with E-state index in [0.29, 0.717) is 6.42 Å². The second-order valence-electron chi connectivity index (χ2n) is 7.77. The Balaban J connectivity index is -0.00000116. The molecule has 0 aromatic carbocycles. The maximum absolute atomic E-state index is 11.2. The Kier molecular flexibility index (Phi) is 29.4. The van der Waals surface area contributed by atoms with Gasteiger partial charge >= 0.3 is 11.9 Å². The van der Waals surface area contributed by atoms with Gasteiger partial charge in [0.25, 0.3) is 0 Å². The van der Waals surface area contributed by atoms with Crippen LogP contribution < -0.4 is 0 Å². The van der Waals surface area contributed by atoms with Gasteiger partial charge in [0.2, 0.25) is 0 Å². The standard InChI is InChI=1S/C22H40O3.C3H4O2.Al.3H/c1-3-4-5-6-7-8-9-10-11-12-13-14-15-16-17-18-19-21(20(2)23)22(24)25;1-2-3(4)5;;;;/h10-11,21H,3-9,12-19H2,1-2H3,(H,24,25);2H,1H2,(H,4,5);;;;/b11-10-;;;;;. The van der Waals surface area contributed by atoms with E-state index in [4.69, 9.17) is 10.2 Å². The minimum absolute atomic E-state index is 0. The lowest BCUT2D eigenvalue weighted by Crippen LogP contribution is -2.21. The molecule has 0 aliphatic rings. The third kappa shape index (κ3) is 28.6. The highest BCUT2D eigenvalue weighted by molar-refractivity contribution is 5.96. The summed E-state index contributed by atoms with van der Waals surface area (Å²) in [5.41, 5.74) is 0. The Bertz CT molecular complexity index is 474. The smallest absolute Gasteiger partial charge is 0.327 e. The van der Waals surface area contributed by atoms with Crippen LogP contribution >= 0.6 is 0 Å². The van der Waals surface area contributed by atoms with Crippen LogP contribution in [0.3, 0.4) is 0 Å². The van der Waals surface area contributed by atoms with Gasteiger partial charge in [-0.1, -0.05) is 89.9 Å². The second-order valence-corrected chi connectivity index (χ2v) is 7.77. The van der Waals surface area contributed by atoms with Gasteiger partial charge < -0.3 is 10.2 Å². The predicted octanol–water partition coefficient (Wildman–Crippen LogP) is 5.78. The first kappa shape index (κ1) is 34.2. The molecule has 6 heteroatoms. The molecule has 5 nitrogen and oxygen atoms in total. The molecule has 0 aliphatic carbocycles. The molecule has 0 aromatic rings. The number of carbonyl (C=O) groups is 3. The lowest BCUT2D eigenvalue weighted by Gasteiger charge is -2.07. The first-order valence-electron chi connectivity index (χ1n) is 11.6. The Morgan fingerprint density at radius 2 is 1.16 bits per heavy atom. The fourth-order valence-corrected chi connectivity index (χ4v) is 3.10. The highest BCUT2D eigenvalue weighted by Crippen LogP contribution is 2.14. The molecule has 31 heavy (non-hydrogen) atoms. The lowest BCUT2D eigenvalue weighted by molar-refractivity contribution is -0.146. The molecule has 180 valence electrons. The molecule has 0 radical (unpaired) electrons. The van der Waals surface area contributed by atoms with Crippen LogP contribution in [-0.2, 0) is 14.4 Å². The molecule has 0 rings (SSSR count). The van der Waals surface area contributed by atoms with E-state index in [-0.39, 0.29) is 23.1 Å². The quantitative estimate of drug-likeness (QED) is 0.0849. The topological polar surface area (TPSA) is 91.7 Å². The molecule has 0 saturated carbocycles. The average molecular weight is 455 g/mol. The lowest BCUT2D eigenvalue weighted by atomic mass is 9.97. The SMILES string of the molecule is C=CC(=O)O.CCCCCCCC/C=C\CCCCCCCCC(C(C)=O)C(=O)O.[AlH3]. The molecule has 0 aliphatic heterocycles. The first-order chi connectivity index (χ1) is 14.4. The molecular weight excluding hydrogens is 407 g/mol. The van der Waals surface area contributed by atoms with Gasteiger partial charge in [0.1, 0.15) is 11.7 Å². The Morgan fingerprint density at radius 1 is 0.774 bits per heavy atom. The zero-order valence-corrected chi connectivity index (χ0v) is 19.2. The van der Waals surface area contributed by atoms with Crippen molar-refractivity contribution in [1.29, 1.82) is 0 Å². The largest absolute Gasteiger partial charge is 0.481 e. The van der Waals surface area contributed by atoms with Gasteiger partial charge in [-0.15, -0.1) is 0 Å². The average Bonchev–Trinajstić information content (AvgIpc) is 2.70. The van der Waals surface area contributed by atoms with Crippen molar-refractivity contribution >= 4 is 35.1 Å². The Labute approximate surface area is 200 Å². The van der Waals surface area contributed by atoms with Gasteiger partial charge in [0, 0.05) is 6.08 Å². The number of carboxylic acid groups (broad SMARTS) is 2. The summed E-state index contributed by atoms with van der Waals surface area (Å²) in [5.74, 6) is -2.97. The van der Waals surface area contributed by atoms with Crippen molar-refractivity contribution < 1.29 is 24.6 Å². The number of carboxylic acids is 2. The zero-order chi connectivity index (χ0) is 23.0. The van der Waals surface area contributed by atoms with Crippen LogP contribution in [0.5, 0.6) is 0 Å². The summed E-state index contributed by atoms with van der Waals surface area (Å²) in [6.45, 7) is 6.59. The fraction of sp³-hybridized carbons (Fsp3) is 0.720. The van der Waals surface area contributed by atoms with E-state index in [9.17, 15) is 14.4 Å². The Hall–Kier alpha value is -1.38. The van der Waals surface area contributed by atoms with Crippen molar-refractivity contribution in [2.75, 3.05) is 0 Å². The Morgan fingerprint density at radius 3 is 1.52 bits per heavy atom. The minimum atomic E-state index is -0.981. The van der Waals surface area contributed by atoms with Gasteiger partial charge in [0.05, 0.1) is 0 Å². The number of carbonyl (C=O) groups excluding carboxylic acids is 1. The van der Waals surface area contributed by atoms with Crippen molar-refractivity contribution in [2.45, 2.75) is 110 Å². The van der Waals surface area contributed by atoms with Crippen molar-refractivity contribution in [3.8, 4) is 0 Å². The summed E-state index contributed by atoms with van der Waals surface area (Å²) in [6, 6.07) is 0. The van der Waals surface area contributed by atoms with E-state index in [2.05, 4.69) is 25.7 Å². The van der Waals surface area contributed by atoms with Crippen molar-refractivity contribution in [2.24, 2.45) is 5.92 Å². The first-order valence-corrected chi connectivity index (χ1v) is 11.6. The van der Waals surface area contributed by atoms with Crippen LogP contribution in [0, 0.1) is 5.92 Å². The van der Waals surface area contributed by atoms with Crippen molar-refractivity contribution in [1.82, 2.24) is 0 Å². The molecule has 0 aromatic heterocycles. The monoisotopic (exact) mass is 454 g/mol. The van der Waals surface area contributed by atoms with E-state index in [1.807, 2.05) is 0 Å². The van der Waals surface area contributed by atoms with Crippen LogP contribution in [0.2, 0.25) is 0 Å². The zero-order valence-electron chi connectivity index (χ0n) is 19.2. The summed E-state index contributed by atoms with van der Waals surface area (Å²) in [6.07, 6.45) is 23.3. The maximum atomic E-state index is 11.2. The number of aliphatic carboxylic acids is 2. The van der Waals surface area contributed by atoms with E-state index < -0.39 is 17.9 Å². The van der Waals surface area contributed by atoms with Crippen molar-refractivity contribution in [3.63, 3.8) is 0 Å². The molecule has 2 N–H and O–H groups in total. The number of unbranched alkanes of at least 4 members (excludes halogenated alkanes) is 12. The predicted molar refractivity (Wildman–Crippen MR) is 134 cm³/mol. The molecule has 1 atom stereocenters. The van der Waals surface area contributed by atoms with Gasteiger partial charge in [-0.25, -0.2) is 4.79 Å². The summed E-state index contributed by atoms with van der Waals surface area (Å²) in [4.78, 5) is 31.3. The number of hydrogen-bond acceptors (Lipinski definition) is 3. The van der Waals surface area contributed by atoms with Crippen LogP contribution in [0.25, 0.3) is 0 Å². The molecule has 0 saturated heterocycles. The van der Waals surface area contributed by atoms with Gasteiger partial charge in [-0.2, -0.15) is 0 Å². The maximum Gasteiger partial charge on any atom is 0.327 e. The van der Waals surface area contributed by atoms with Crippen LogP contribution in [0.4, 0.5) is 0 Å². The normalized spacial score (nSPS) is 11.2. The molecule has 0 spiro atoms. The third-order valence-electron chi connectivity index (χ3n) is 4.97. The van der Waals surface area contributed by atoms with Gasteiger partial charge in [-0.3, -0.25) is 9.59 Å². The molecule has 0 bridgehead atoms. The van der Waals surface area contributed by atoms with Crippen molar-refractivity contribution in [3.05, 3.63) is 24.8 Å². The number of allylic oxidation sites excluding steroid dienone is 2. The molecule has 0 fully saturated rings. The van der Waals surface area contributed by atoms with E-state index in [1.54, 1.807) is 0 Å². The number of rotatable bonds is 19. The van der Waals surface area contributed by atoms with Crippen LogP contribution in [0.15, 0.2) is 24.8 Å².